The molecule has 0 atom stereocenters. The number of methoxy groups -OCH3 is 1. The average molecular weight is 331 g/mol. The van der Waals surface area contributed by atoms with Crippen LogP contribution in [0, 0.1) is 5.92 Å². The summed E-state index contributed by atoms with van der Waals surface area (Å²) in [6.45, 7) is 6.54. The van der Waals surface area contributed by atoms with Crippen LogP contribution < -0.4 is 0 Å². The van der Waals surface area contributed by atoms with Crippen molar-refractivity contribution in [3.63, 3.8) is 0 Å². The van der Waals surface area contributed by atoms with Gasteiger partial charge in [-0.15, -0.1) is 0 Å². The fourth-order valence-electron chi connectivity index (χ4n) is 3.28. The molecular weight excluding hydrogens is 306 g/mol. The summed E-state index contributed by atoms with van der Waals surface area (Å²) in [6.07, 6.45) is 2.45. The van der Waals surface area contributed by atoms with Crippen molar-refractivity contribution in [1.82, 2.24) is 14.5 Å². The molecule has 0 aliphatic carbocycles. The van der Waals surface area contributed by atoms with Gasteiger partial charge in [-0.2, -0.15) is 0 Å². The third-order valence-corrected chi connectivity index (χ3v) is 4.83. The molecule has 0 saturated carbocycles. The van der Waals surface area contributed by atoms with Gasteiger partial charge in [-0.3, -0.25) is 4.90 Å². The van der Waals surface area contributed by atoms with Crippen LogP contribution in [0.15, 0.2) is 18.2 Å². The fraction of sp³-hybridized carbons (Fsp3) is 0.556. The number of aromatic carboxylic acids is 1. The summed E-state index contributed by atoms with van der Waals surface area (Å²) in [4.78, 5) is 18.4. The molecule has 1 fully saturated rings. The van der Waals surface area contributed by atoms with Crippen LogP contribution in [-0.4, -0.2) is 52.3 Å². The number of rotatable bonds is 6. The Labute approximate surface area is 142 Å². The van der Waals surface area contributed by atoms with Crippen LogP contribution >= 0.6 is 0 Å². The second-order valence-corrected chi connectivity index (χ2v) is 6.64. The van der Waals surface area contributed by atoms with E-state index in [-0.39, 0.29) is 0 Å². The SMILES string of the molecule is COCCn1c(CN2CCC(C)CC2)nc2ccc(C(=O)O)cc21. The molecule has 1 saturated heterocycles. The Kier molecular flexibility index (Phi) is 5.16. The number of hydrogen-bond acceptors (Lipinski definition) is 4. The molecule has 0 spiro atoms. The summed E-state index contributed by atoms with van der Waals surface area (Å²) in [5, 5.41) is 9.24. The minimum Gasteiger partial charge on any atom is -0.478 e. The topological polar surface area (TPSA) is 67.6 Å². The third-order valence-electron chi connectivity index (χ3n) is 4.83. The lowest BCUT2D eigenvalue weighted by molar-refractivity contribution is 0.0697. The first kappa shape index (κ1) is 16.9. The molecule has 6 heteroatoms. The average Bonchev–Trinajstić information content (AvgIpc) is 2.91. The predicted molar refractivity (Wildman–Crippen MR) is 92.2 cm³/mol. The van der Waals surface area contributed by atoms with Gasteiger partial charge in [0.15, 0.2) is 0 Å². The number of likely N-dealkylation sites (tertiary alicyclic amines) is 1. The standard InChI is InChI=1S/C18H25N3O3/c1-13-5-7-20(8-6-13)12-17-19-15-4-3-14(18(22)23)11-16(15)21(17)9-10-24-2/h3-4,11,13H,5-10,12H2,1-2H3,(H,22,23). The van der Waals surface area contributed by atoms with Gasteiger partial charge in [-0.1, -0.05) is 6.92 Å². The molecule has 0 radical (unpaired) electrons. The molecule has 3 rings (SSSR count). The Bertz CT molecular complexity index is 718. The van der Waals surface area contributed by atoms with Gasteiger partial charge in [0.25, 0.3) is 0 Å². The molecule has 1 aromatic carbocycles. The summed E-state index contributed by atoms with van der Waals surface area (Å²) < 4.78 is 7.32. The zero-order valence-corrected chi connectivity index (χ0v) is 14.4. The summed E-state index contributed by atoms with van der Waals surface area (Å²) in [7, 11) is 1.67. The second-order valence-electron chi connectivity index (χ2n) is 6.64. The van der Waals surface area contributed by atoms with Crippen molar-refractivity contribution in [2.24, 2.45) is 5.92 Å². The monoisotopic (exact) mass is 331 g/mol. The first-order valence-corrected chi connectivity index (χ1v) is 8.52. The number of ether oxygens (including phenoxy) is 1. The molecule has 1 aromatic heterocycles. The zero-order chi connectivity index (χ0) is 17.1. The maximum absolute atomic E-state index is 11.3. The molecule has 130 valence electrons. The molecule has 24 heavy (non-hydrogen) atoms. The highest BCUT2D eigenvalue weighted by Crippen LogP contribution is 2.22. The van der Waals surface area contributed by atoms with Gasteiger partial charge >= 0.3 is 5.97 Å². The Morgan fingerprint density at radius 2 is 2.12 bits per heavy atom. The number of piperidine rings is 1. The summed E-state index contributed by atoms with van der Waals surface area (Å²) in [6, 6.07) is 5.12. The smallest absolute Gasteiger partial charge is 0.335 e. The minimum atomic E-state index is -0.914. The van der Waals surface area contributed by atoms with E-state index < -0.39 is 5.97 Å². The van der Waals surface area contributed by atoms with Gasteiger partial charge in [0.05, 0.1) is 29.7 Å². The molecule has 1 aliphatic heterocycles. The van der Waals surface area contributed by atoms with E-state index in [1.54, 1.807) is 25.3 Å². The van der Waals surface area contributed by atoms with Gasteiger partial charge in [0, 0.05) is 13.7 Å². The quantitative estimate of drug-likeness (QED) is 0.881. The van der Waals surface area contributed by atoms with Crippen molar-refractivity contribution in [2.45, 2.75) is 32.9 Å². The molecule has 6 nitrogen and oxygen atoms in total. The van der Waals surface area contributed by atoms with E-state index in [0.717, 1.165) is 42.4 Å². The van der Waals surface area contributed by atoms with Crippen LogP contribution in [0.5, 0.6) is 0 Å². The van der Waals surface area contributed by atoms with Gasteiger partial charge in [0.2, 0.25) is 0 Å². The number of imidazole rings is 1. The Hall–Kier alpha value is -1.92. The van der Waals surface area contributed by atoms with Crippen LogP contribution in [0.1, 0.15) is 35.9 Å². The van der Waals surface area contributed by atoms with E-state index in [1.165, 1.54) is 12.8 Å². The van der Waals surface area contributed by atoms with Gasteiger partial charge in [-0.25, -0.2) is 9.78 Å². The van der Waals surface area contributed by atoms with Crippen LogP contribution in [0.4, 0.5) is 0 Å². The summed E-state index contributed by atoms with van der Waals surface area (Å²) >= 11 is 0. The molecule has 0 unspecified atom stereocenters. The maximum atomic E-state index is 11.3. The molecule has 0 amide bonds. The number of carboxylic acids is 1. The van der Waals surface area contributed by atoms with E-state index in [2.05, 4.69) is 16.4 Å². The van der Waals surface area contributed by atoms with E-state index >= 15 is 0 Å². The van der Waals surface area contributed by atoms with Crippen molar-refractivity contribution in [2.75, 3.05) is 26.8 Å². The lowest BCUT2D eigenvalue weighted by Crippen LogP contribution is -2.33. The van der Waals surface area contributed by atoms with Crippen molar-refractivity contribution in [1.29, 1.82) is 0 Å². The number of nitrogens with zero attached hydrogens (tertiary/aromatic N) is 3. The van der Waals surface area contributed by atoms with Crippen LogP contribution in [0.25, 0.3) is 11.0 Å². The van der Waals surface area contributed by atoms with Gasteiger partial charge < -0.3 is 14.4 Å². The van der Waals surface area contributed by atoms with Crippen molar-refractivity contribution >= 4 is 17.0 Å². The highest BCUT2D eigenvalue weighted by atomic mass is 16.5. The van der Waals surface area contributed by atoms with Gasteiger partial charge in [0.1, 0.15) is 5.82 Å². The predicted octanol–water partition coefficient (Wildman–Crippen LogP) is 2.61. The fourth-order valence-corrected chi connectivity index (χ4v) is 3.28. The molecule has 0 bridgehead atoms. The van der Waals surface area contributed by atoms with Crippen LogP contribution in [0.3, 0.4) is 0 Å². The first-order valence-electron chi connectivity index (χ1n) is 8.52. The summed E-state index contributed by atoms with van der Waals surface area (Å²) in [5.41, 5.74) is 2.00. The molecule has 2 heterocycles. The van der Waals surface area contributed by atoms with Crippen molar-refractivity contribution in [3.05, 3.63) is 29.6 Å². The lowest BCUT2D eigenvalue weighted by atomic mass is 9.99. The molecular formula is C18H25N3O3. The number of aromatic nitrogens is 2. The number of benzene rings is 1. The number of carbonyl (C=O) groups is 1. The van der Waals surface area contributed by atoms with E-state index in [0.29, 0.717) is 18.7 Å². The number of fused-ring (bicyclic) bond motifs is 1. The largest absolute Gasteiger partial charge is 0.478 e. The Balaban J connectivity index is 1.91. The lowest BCUT2D eigenvalue weighted by Gasteiger charge is -2.29. The molecule has 1 aliphatic rings. The Morgan fingerprint density at radius 3 is 2.79 bits per heavy atom. The van der Waals surface area contributed by atoms with E-state index in [9.17, 15) is 9.90 Å². The molecule has 2 aromatic rings. The minimum absolute atomic E-state index is 0.291. The molecule has 1 N–H and O–H groups in total. The second kappa shape index (κ2) is 7.32. The van der Waals surface area contributed by atoms with Crippen molar-refractivity contribution < 1.29 is 14.6 Å². The van der Waals surface area contributed by atoms with Gasteiger partial charge in [-0.05, 0) is 50.0 Å². The number of hydrogen-bond donors (Lipinski definition) is 1. The van der Waals surface area contributed by atoms with Crippen molar-refractivity contribution in [3.8, 4) is 0 Å². The third kappa shape index (κ3) is 3.60. The highest BCUT2D eigenvalue weighted by Gasteiger charge is 2.19. The van der Waals surface area contributed by atoms with Crippen LogP contribution in [-0.2, 0) is 17.8 Å². The first-order chi connectivity index (χ1) is 11.6. The van der Waals surface area contributed by atoms with E-state index in [4.69, 9.17) is 9.72 Å². The van der Waals surface area contributed by atoms with Crippen LogP contribution in [0.2, 0.25) is 0 Å². The zero-order valence-electron chi connectivity index (χ0n) is 14.4. The normalized spacial score (nSPS) is 16.8. The Morgan fingerprint density at radius 1 is 1.38 bits per heavy atom. The van der Waals surface area contributed by atoms with E-state index in [1.807, 2.05) is 0 Å². The number of carboxylic acid groups (broad SMARTS) is 1. The summed E-state index contributed by atoms with van der Waals surface area (Å²) in [5.74, 6) is 0.869. The highest BCUT2D eigenvalue weighted by molar-refractivity contribution is 5.92. The maximum Gasteiger partial charge on any atom is 0.335 e.